The molecule has 0 saturated heterocycles. The van der Waals surface area contributed by atoms with Gasteiger partial charge in [0.25, 0.3) is 0 Å². The van der Waals surface area contributed by atoms with E-state index in [1.807, 2.05) is 85.5 Å². The molecule has 8 rings (SSSR count). The average molecular weight is 864 g/mol. The number of hydrogen-bond acceptors (Lipinski definition) is 9. The van der Waals surface area contributed by atoms with Crippen molar-refractivity contribution in [2.24, 2.45) is 0 Å². The van der Waals surface area contributed by atoms with Gasteiger partial charge in [-0.25, -0.2) is 15.0 Å². The molecular formula is C41H36N10Pt. The van der Waals surface area contributed by atoms with Crippen LogP contribution in [0, 0.1) is 58.4 Å². The summed E-state index contributed by atoms with van der Waals surface area (Å²) in [5.74, 6) is 2.36. The Bertz CT molecular complexity index is 2410. The Labute approximate surface area is 318 Å². The summed E-state index contributed by atoms with van der Waals surface area (Å²) in [6, 6.07) is 28.0. The Hall–Kier alpha value is -5.78. The van der Waals surface area contributed by atoms with E-state index in [4.69, 9.17) is 5.26 Å². The van der Waals surface area contributed by atoms with Gasteiger partial charge in [-0.15, -0.1) is 52.8 Å². The number of aryl methyl sites for hydroxylation is 4. The van der Waals surface area contributed by atoms with E-state index in [1.54, 1.807) is 30.9 Å². The van der Waals surface area contributed by atoms with Gasteiger partial charge in [-0.2, -0.15) is 11.9 Å². The minimum atomic E-state index is 0. The second-order valence-electron chi connectivity index (χ2n) is 12.6. The molecule has 0 amide bonds. The van der Waals surface area contributed by atoms with Crippen molar-refractivity contribution < 1.29 is 21.1 Å². The molecule has 10 nitrogen and oxygen atoms in total. The zero-order valence-electron chi connectivity index (χ0n) is 29.7. The molecule has 7 aromatic rings. The molecule has 4 aromatic carbocycles. The number of nitrogens with zero attached hydrogens (tertiary/aromatic N) is 9. The fraction of sp³-hybridized carbons (Fsp3) is 0.146. The van der Waals surface area contributed by atoms with Crippen LogP contribution in [0.4, 0.5) is 28.8 Å². The number of hydrogen-bond donors (Lipinski definition) is 1. The van der Waals surface area contributed by atoms with Crippen LogP contribution in [0.15, 0.2) is 91.5 Å². The molecule has 52 heavy (non-hydrogen) atoms. The van der Waals surface area contributed by atoms with Crippen molar-refractivity contribution in [2.45, 2.75) is 27.7 Å². The normalized spacial score (nSPS) is 11.8. The third kappa shape index (κ3) is 7.18. The first-order valence-corrected chi connectivity index (χ1v) is 16.5. The van der Waals surface area contributed by atoms with E-state index in [2.05, 4.69) is 87.4 Å². The maximum atomic E-state index is 8.84. The second-order valence-corrected chi connectivity index (χ2v) is 12.6. The molecule has 3 aromatic heterocycles. The molecule has 0 radical (unpaired) electrons. The van der Waals surface area contributed by atoms with Gasteiger partial charge >= 0.3 is 21.1 Å². The Morgan fingerprint density at radius 3 is 2.29 bits per heavy atom. The standard InChI is InChI=1S/C28H29N8.C13H7N2.Pt/c1-18-11-19(2)25(20(3)12-18)22-13-23(33-16-34(5)26-21(4)29-7-8-30-26)15-24(14-22)36-17-35(6)27-28(36)32-10-9-31-27;14-8-9-5-6-13-11(7-9)10-3-1-2-4-12(10)15-13;/h7-14,16-17,33H,1-6H3;1-7H;/q-3;-1;+4. The van der Waals surface area contributed by atoms with Crippen LogP contribution in [0.3, 0.4) is 0 Å². The van der Waals surface area contributed by atoms with Crippen LogP contribution < -0.4 is 25.0 Å². The molecule has 0 bridgehead atoms. The fourth-order valence-electron chi connectivity index (χ4n) is 6.56. The Morgan fingerprint density at radius 1 is 0.846 bits per heavy atom. The molecule has 4 heterocycles. The van der Waals surface area contributed by atoms with Gasteiger partial charge in [0.1, 0.15) is 17.5 Å². The van der Waals surface area contributed by atoms with E-state index < -0.39 is 0 Å². The largest absolute Gasteiger partial charge is 4.00 e. The van der Waals surface area contributed by atoms with Crippen molar-refractivity contribution in [3.05, 3.63) is 139 Å². The number of anilines is 5. The van der Waals surface area contributed by atoms with Crippen molar-refractivity contribution in [3.63, 3.8) is 0 Å². The van der Waals surface area contributed by atoms with Crippen molar-refractivity contribution in [1.82, 2.24) is 24.9 Å². The number of nitrogens with one attached hydrogen (secondary N) is 1. The van der Waals surface area contributed by atoms with Crippen molar-refractivity contribution in [1.29, 1.82) is 5.26 Å². The third-order valence-electron chi connectivity index (χ3n) is 8.76. The molecule has 0 unspecified atom stereocenters. The van der Waals surface area contributed by atoms with Crippen LogP contribution in [0.5, 0.6) is 0 Å². The summed E-state index contributed by atoms with van der Waals surface area (Å²) in [5, 5.41) is 14.4. The summed E-state index contributed by atoms with van der Waals surface area (Å²) in [7, 11) is 3.91. The van der Waals surface area contributed by atoms with E-state index in [9.17, 15) is 0 Å². The summed E-state index contributed by atoms with van der Waals surface area (Å²) in [6.07, 6.45) is 6.80. The van der Waals surface area contributed by atoms with E-state index in [0.717, 1.165) is 61.9 Å². The van der Waals surface area contributed by atoms with Crippen LogP contribution in [0.1, 0.15) is 27.9 Å². The summed E-state index contributed by atoms with van der Waals surface area (Å²) in [6.45, 7) is 12.2. The van der Waals surface area contributed by atoms with Crippen molar-refractivity contribution in [3.8, 4) is 17.2 Å². The monoisotopic (exact) mass is 863 g/mol. The summed E-state index contributed by atoms with van der Waals surface area (Å²) >= 11 is 0. The Balaban J connectivity index is 0.000000241. The van der Waals surface area contributed by atoms with Crippen LogP contribution >= 0.6 is 0 Å². The van der Waals surface area contributed by atoms with E-state index in [0.29, 0.717) is 5.56 Å². The first-order chi connectivity index (χ1) is 24.7. The fourth-order valence-corrected chi connectivity index (χ4v) is 6.56. The Morgan fingerprint density at radius 2 is 1.54 bits per heavy atom. The van der Waals surface area contributed by atoms with E-state index >= 15 is 0 Å². The molecule has 0 spiro atoms. The van der Waals surface area contributed by atoms with Crippen LogP contribution in [0.2, 0.25) is 0 Å². The van der Waals surface area contributed by atoms with Crippen molar-refractivity contribution in [2.75, 3.05) is 34.1 Å². The summed E-state index contributed by atoms with van der Waals surface area (Å²) in [5.41, 5.74) is 11.2. The third-order valence-corrected chi connectivity index (χ3v) is 8.76. The van der Waals surface area contributed by atoms with Gasteiger partial charge in [-0.3, -0.25) is 4.98 Å². The smallest absolute Gasteiger partial charge is 0.657 e. The summed E-state index contributed by atoms with van der Waals surface area (Å²) in [4.78, 5) is 28.3. The predicted octanol–water partition coefficient (Wildman–Crippen LogP) is 8.16. The van der Waals surface area contributed by atoms with Gasteiger partial charge < -0.3 is 25.0 Å². The minimum absolute atomic E-state index is 0. The predicted molar refractivity (Wildman–Crippen MR) is 204 cm³/mol. The number of aromatic nitrogens is 5. The first-order valence-electron chi connectivity index (χ1n) is 16.5. The number of rotatable bonds is 6. The number of nitriles is 1. The molecule has 260 valence electrons. The molecule has 0 aliphatic carbocycles. The average Bonchev–Trinajstić information content (AvgIpc) is 3.67. The van der Waals surface area contributed by atoms with Gasteiger partial charge in [0.05, 0.1) is 17.3 Å². The molecular weight excluding hydrogens is 828 g/mol. The zero-order valence-corrected chi connectivity index (χ0v) is 31.9. The molecule has 1 N–H and O–H groups in total. The Kier molecular flexibility index (Phi) is 10.5. The molecule has 11 heteroatoms. The second kappa shape index (κ2) is 15.2. The van der Waals surface area contributed by atoms with Gasteiger partial charge in [-0.05, 0) is 81.4 Å². The first kappa shape index (κ1) is 36.0. The van der Waals surface area contributed by atoms with Gasteiger partial charge in [-0.1, -0.05) is 48.0 Å². The molecule has 0 atom stereocenters. The molecule has 1 aliphatic rings. The van der Waals surface area contributed by atoms with Crippen LogP contribution in [0.25, 0.3) is 32.9 Å². The summed E-state index contributed by atoms with van der Waals surface area (Å²) < 4.78 is 0. The van der Waals surface area contributed by atoms with Gasteiger partial charge in [0, 0.05) is 24.8 Å². The maximum Gasteiger partial charge on any atom is 4.00 e. The molecule has 0 fully saturated rings. The number of para-hydroxylation sites is 1. The van der Waals surface area contributed by atoms with Crippen LogP contribution in [-0.2, 0) is 21.1 Å². The van der Waals surface area contributed by atoms with Crippen LogP contribution in [-0.4, -0.2) is 34.0 Å². The van der Waals surface area contributed by atoms with Crippen molar-refractivity contribution >= 4 is 50.6 Å². The maximum absolute atomic E-state index is 8.84. The zero-order chi connectivity index (χ0) is 35.6. The quantitative estimate of drug-likeness (QED) is 0.165. The minimum Gasteiger partial charge on any atom is -0.657 e. The van der Waals surface area contributed by atoms with E-state index in [-0.39, 0.29) is 21.1 Å². The molecule has 0 saturated carbocycles. The molecule has 1 aliphatic heterocycles. The van der Waals surface area contributed by atoms with E-state index in [1.165, 1.54) is 22.3 Å². The number of fused-ring (bicyclic) bond motifs is 4. The SMILES string of the molecule is Cc1cc(C)c(-c2cc(N[CH-]N(C)c3nccnc3C)[c-]c(N3[CH-]N(C)c4nccnc43)c2)c(C)c1.N#Cc1ccc2[n-]c3ccccc3c2c1.[Pt+4]. The number of benzene rings is 4. The topological polar surface area (TPSA) is 111 Å². The van der Waals surface area contributed by atoms with Gasteiger partial charge in [0.15, 0.2) is 0 Å². The van der Waals surface area contributed by atoms with Gasteiger partial charge in [0.2, 0.25) is 0 Å².